The lowest BCUT2D eigenvalue weighted by Gasteiger charge is -2.47. The summed E-state index contributed by atoms with van der Waals surface area (Å²) in [6, 6.07) is 0. The van der Waals surface area contributed by atoms with Gasteiger partial charge in [0.05, 0.1) is 18.8 Å². The first-order valence-corrected chi connectivity index (χ1v) is 10.4. The second kappa shape index (κ2) is 8.10. The number of nitrogens with zero attached hydrogens (tertiary/aromatic N) is 3. The number of thiazole rings is 1. The summed E-state index contributed by atoms with van der Waals surface area (Å²) < 4.78 is 11.5. The Labute approximate surface area is 170 Å². The number of morpholine rings is 1. The van der Waals surface area contributed by atoms with Gasteiger partial charge in [0, 0.05) is 25.0 Å². The molecule has 3 heterocycles. The molecule has 3 rings (SSSR count). The minimum absolute atomic E-state index is 0.0855. The zero-order valence-corrected chi connectivity index (χ0v) is 17.7. The second-order valence-corrected chi connectivity index (χ2v) is 9.00. The SMILES string of the molecule is CC#Cc1nc(C(=O)N2CCOC3(CCN(C(=O)OC(C)(C)C)CC3)C2)cs1. The normalized spacial score (nSPS) is 19.1. The Morgan fingerprint density at radius 3 is 2.61 bits per heavy atom. The molecule has 0 bridgehead atoms. The summed E-state index contributed by atoms with van der Waals surface area (Å²) in [5, 5.41) is 2.41. The molecule has 0 N–H and O–H groups in total. The minimum Gasteiger partial charge on any atom is -0.444 e. The lowest BCUT2D eigenvalue weighted by molar-refractivity contribution is -0.126. The van der Waals surface area contributed by atoms with E-state index in [1.807, 2.05) is 25.7 Å². The summed E-state index contributed by atoms with van der Waals surface area (Å²) in [6.45, 7) is 10.00. The minimum atomic E-state index is -0.509. The van der Waals surface area contributed by atoms with Crippen LogP contribution in [0.2, 0.25) is 0 Å². The van der Waals surface area contributed by atoms with E-state index in [0.29, 0.717) is 56.3 Å². The Balaban J connectivity index is 1.61. The molecule has 2 amide bonds. The summed E-state index contributed by atoms with van der Waals surface area (Å²) in [6.07, 6.45) is 1.07. The van der Waals surface area contributed by atoms with Crippen molar-refractivity contribution >= 4 is 23.3 Å². The van der Waals surface area contributed by atoms with Gasteiger partial charge >= 0.3 is 6.09 Å². The molecule has 8 heteroatoms. The Hall–Kier alpha value is -2.11. The number of ether oxygens (including phenoxy) is 2. The maximum atomic E-state index is 12.9. The van der Waals surface area contributed by atoms with Crippen molar-refractivity contribution in [2.24, 2.45) is 0 Å². The van der Waals surface area contributed by atoms with E-state index in [4.69, 9.17) is 9.47 Å². The Bertz CT molecular complexity index is 794. The summed E-state index contributed by atoms with van der Waals surface area (Å²) in [5.41, 5.74) is -0.481. The van der Waals surface area contributed by atoms with Crippen molar-refractivity contribution in [1.82, 2.24) is 14.8 Å². The van der Waals surface area contributed by atoms with Crippen molar-refractivity contribution in [2.75, 3.05) is 32.8 Å². The maximum absolute atomic E-state index is 12.9. The maximum Gasteiger partial charge on any atom is 0.410 e. The van der Waals surface area contributed by atoms with Crippen LogP contribution in [-0.4, -0.2) is 70.8 Å². The van der Waals surface area contributed by atoms with Crippen LogP contribution in [0.4, 0.5) is 4.79 Å². The number of carbonyl (C=O) groups is 2. The van der Waals surface area contributed by atoms with Gasteiger partial charge in [0.1, 0.15) is 11.3 Å². The number of rotatable bonds is 1. The van der Waals surface area contributed by atoms with E-state index in [1.165, 1.54) is 11.3 Å². The fourth-order valence-electron chi connectivity index (χ4n) is 3.44. The number of amides is 2. The van der Waals surface area contributed by atoms with Crippen LogP contribution in [-0.2, 0) is 9.47 Å². The fraction of sp³-hybridized carbons (Fsp3) is 0.650. The number of piperidine rings is 1. The number of likely N-dealkylation sites (tertiary alicyclic amines) is 1. The average molecular weight is 406 g/mol. The molecule has 0 radical (unpaired) electrons. The Morgan fingerprint density at radius 1 is 1.25 bits per heavy atom. The van der Waals surface area contributed by atoms with E-state index in [1.54, 1.807) is 17.2 Å². The third kappa shape index (κ3) is 4.83. The van der Waals surface area contributed by atoms with Crippen LogP contribution in [0, 0.1) is 11.8 Å². The third-order valence-corrected chi connectivity index (χ3v) is 5.58. The highest BCUT2D eigenvalue weighted by atomic mass is 32.1. The molecule has 1 aromatic heterocycles. The number of hydrogen-bond acceptors (Lipinski definition) is 6. The lowest BCUT2D eigenvalue weighted by Crippen LogP contribution is -2.58. The fourth-order valence-corrected chi connectivity index (χ4v) is 4.13. The molecule has 0 aliphatic carbocycles. The van der Waals surface area contributed by atoms with Gasteiger partial charge in [-0.1, -0.05) is 5.92 Å². The van der Waals surface area contributed by atoms with Gasteiger partial charge in [-0.2, -0.15) is 0 Å². The van der Waals surface area contributed by atoms with Gasteiger partial charge in [-0.25, -0.2) is 9.78 Å². The van der Waals surface area contributed by atoms with Gasteiger partial charge < -0.3 is 19.3 Å². The number of carbonyl (C=O) groups excluding carboxylic acids is 2. The van der Waals surface area contributed by atoms with Crippen molar-refractivity contribution in [3.63, 3.8) is 0 Å². The van der Waals surface area contributed by atoms with Crippen molar-refractivity contribution in [3.05, 3.63) is 16.1 Å². The van der Waals surface area contributed by atoms with E-state index in [9.17, 15) is 9.59 Å². The first kappa shape index (κ1) is 20.6. The Kier molecular flexibility index (Phi) is 5.96. The topological polar surface area (TPSA) is 72.0 Å². The molecule has 2 fully saturated rings. The molecule has 0 atom stereocenters. The van der Waals surface area contributed by atoms with Crippen LogP contribution in [0.5, 0.6) is 0 Å². The molecule has 2 aliphatic rings. The van der Waals surface area contributed by atoms with E-state index in [-0.39, 0.29) is 12.0 Å². The van der Waals surface area contributed by atoms with Crippen LogP contribution < -0.4 is 0 Å². The molecule has 28 heavy (non-hydrogen) atoms. The molecule has 0 aromatic carbocycles. The van der Waals surface area contributed by atoms with Crippen molar-refractivity contribution in [3.8, 4) is 11.8 Å². The monoisotopic (exact) mass is 405 g/mol. The van der Waals surface area contributed by atoms with Crippen LogP contribution in [0.15, 0.2) is 5.38 Å². The van der Waals surface area contributed by atoms with Gasteiger partial charge in [0.15, 0.2) is 5.01 Å². The van der Waals surface area contributed by atoms with E-state index in [2.05, 4.69) is 16.8 Å². The molecular weight excluding hydrogens is 378 g/mol. The van der Waals surface area contributed by atoms with Gasteiger partial charge in [0.2, 0.25) is 0 Å². The molecule has 7 nitrogen and oxygen atoms in total. The van der Waals surface area contributed by atoms with Gasteiger partial charge in [-0.05, 0) is 46.5 Å². The number of aromatic nitrogens is 1. The van der Waals surface area contributed by atoms with Crippen LogP contribution >= 0.6 is 11.3 Å². The van der Waals surface area contributed by atoms with Crippen LogP contribution in [0.3, 0.4) is 0 Å². The average Bonchev–Trinajstić information content (AvgIpc) is 3.09. The molecule has 1 spiro atoms. The zero-order valence-electron chi connectivity index (χ0n) is 16.9. The van der Waals surface area contributed by atoms with Gasteiger partial charge in [-0.3, -0.25) is 4.79 Å². The summed E-state index contributed by atoms with van der Waals surface area (Å²) >= 11 is 1.38. The van der Waals surface area contributed by atoms with Crippen molar-refractivity contribution in [2.45, 2.75) is 51.7 Å². The zero-order chi connectivity index (χ0) is 20.4. The first-order chi connectivity index (χ1) is 13.2. The highest BCUT2D eigenvalue weighted by Crippen LogP contribution is 2.31. The smallest absolute Gasteiger partial charge is 0.410 e. The molecule has 0 unspecified atom stereocenters. The molecular formula is C20H27N3O4S. The summed E-state index contributed by atoms with van der Waals surface area (Å²) in [5.74, 6) is 5.60. The molecule has 152 valence electrons. The highest BCUT2D eigenvalue weighted by Gasteiger charge is 2.42. The molecule has 2 aliphatic heterocycles. The summed E-state index contributed by atoms with van der Waals surface area (Å²) in [4.78, 5) is 33.0. The van der Waals surface area contributed by atoms with Crippen molar-refractivity contribution < 1.29 is 19.1 Å². The standard InChI is InChI=1S/C20H27N3O4S/c1-5-6-16-21-15(13-28-16)17(24)23-11-12-26-20(14-23)7-9-22(10-8-20)18(25)27-19(2,3)4/h13H,7-12,14H2,1-4H3. The van der Waals surface area contributed by atoms with Gasteiger partial charge in [0.25, 0.3) is 5.91 Å². The van der Waals surface area contributed by atoms with E-state index >= 15 is 0 Å². The largest absolute Gasteiger partial charge is 0.444 e. The quantitative estimate of drug-likeness (QED) is 0.672. The van der Waals surface area contributed by atoms with Crippen LogP contribution in [0.1, 0.15) is 56.0 Å². The highest BCUT2D eigenvalue weighted by molar-refractivity contribution is 7.10. The lowest BCUT2D eigenvalue weighted by atomic mass is 9.89. The second-order valence-electron chi connectivity index (χ2n) is 8.14. The summed E-state index contributed by atoms with van der Waals surface area (Å²) in [7, 11) is 0. The third-order valence-electron chi connectivity index (χ3n) is 4.82. The molecule has 0 saturated carbocycles. The first-order valence-electron chi connectivity index (χ1n) is 9.51. The predicted molar refractivity (Wildman–Crippen MR) is 106 cm³/mol. The van der Waals surface area contributed by atoms with Crippen LogP contribution in [0.25, 0.3) is 0 Å². The van der Waals surface area contributed by atoms with Gasteiger partial charge in [-0.15, -0.1) is 11.3 Å². The van der Waals surface area contributed by atoms with Crippen molar-refractivity contribution in [1.29, 1.82) is 0 Å². The predicted octanol–water partition coefficient (Wildman–Crippen LogP) is 2.76. The number of hydrogen-bond donors (Lipinski definition) is 0. The van der Waals surface area contributed by atoms with E-state index < -0.39 is 11.2 Å². The Morgan fingerprint density at radius 2 is 1.96 bits per heavy atom. The molecule has 2 saturated heterocycles. The van der Waals surface area contributed by atoms with E-state index in [0.717, 1.165) is 0 Å². The molecule has 1 aromatic rings.